The molecule has 3 rings (SSSR count). The second-order valence-electron chi connectivity index (χ2n) is 5.95. The molecule has 4 heteroatoms. The molecule has 1 heterocycles. The number of carbonyl (C=O) groups excluding carboxylic acids is 1. The number of aromatic amines is 1. The Balaban J connectivity index is 1.70. The molecule has 2 aromatic carbocycles. The zero-order chi connectivity index (χ0) is 16.9. The van der Waals surface area contributed by atoms with Crippen molar-refractivity contribution in [1.29, 1.82) is 0 Å². The lowest BCUT2D eigenvalue weighted by atomic mass is 10.1. The van der Waals surface area contributed by atoms with Crippen LogP contribution in [0.25, 0.3) is 10.9 Å². The summed E-state index contributed by atoms with van der Waals surface area (Å²) in [4.78, 5) is 14.9. The van der Waals surface area contributed by atoms with Crippen molar-refractivity contribution in [2.45, 2.75) is 20.0 Å². The number of rotatable bonds is 6. The van der Waals surface area contributed by atoms with Gasteiger partial charge < -0.3 is 14.5 Å². The lowest BCUT2D eigenvalue weighted by Crippen LogP contribution is -2.15. The number of benzene rings is 2. The van der Waals surface area contributed by atoms with E-state index in [1.807, 2.05) is 55.5 Å². The van der Waals surface area contributed by atoms with Gasteiger partial charge >= 0.3 is 5.97 Å². The smallest absolute Gasteiger partial charge is 0.308 e. The third-order valence-electron chi connectivity index (χ3n) is 4.03. The number of nitrogens with one attached hydrogen (secondary N) is 1. The molecule has 0 spiro atoms. The Bertz CT molecular complexity index is 823. The molecule has 0 saturated heterocycles. The van der Waals surface area contributed by atoms with Crippen LogP contribution in [0.2, 0.25) is 0 Å². The number of hydrogen-bond acceptors (Lipinski definition) is 3. The average Bonchev–Trinajstić information content (AvgIpc) is 3.01. The first-order valence-corrected chi connectivity index (χ1v) is 8.02. The summed E-state index contributed by atoms with van der Waals surface area (Å²) < 4.78 is 10.6. The second kappa shape index (κ2) is 7.21. The first-order valence-electron chi connectivity index (χ1n) is 8.02. The Morgan fingerprint density at radius 2 is 1.92 bits per heavy atom. The van der Waals surface area contributed by atoms with Gasteiger partial charge in [-0.15, -0.1) is 0 Å². The molecule has 1 N–H and O–H groups in total. The van der Waals surface area contributed by atoms with Crippen LogP contribution in [0.5, 0.6) is 5.75 Å². The van der Waals surface area contributed by atoms with Crippen LogP contribution < -0.4 is 4.74 Å². The summed E-state index contributed by atoms with van der Waals surface area (Å²) in [6, 6.07) is 18.1. The number of H-pyrrole nitrogens is 1. The predicted octanol–water partition coefficient (Wildman–Crippen LogP) is 4.10. The number of carbonyl (C=O) groups is 1. The summed E-state index contributed by atoms with van der Waals surface area (Å²) >= 11 is 0. The largest absolute Gasteiger partial charge is 0.489 e. The molecule has 0 amide bonds. The van der Waals surface area contributed by atoms with Crippen molar-refractivity contribution in [3.8, 4) is 5.75 Å². The van der Waals surface area contributed by atoms with Crippen molar-refractivity contribution in [1.82, 2.24) is 4.98 Å². The summed E-state index contributed by atoms with van der Waals surface area (Å²) in [6.45, 7) is 2.41. The van der Waals surface area contributed by atoms with Gasteiger partial charge in [0.05, 0.1) is 13.0 Å². The van der Waals surface area contributed by atoms with Crippen molar-refractivity contribution >= 4 is 16.9 Å². The van der Waals surface area contributed by atoms with Gasteiger partial charge in [0.1, 0.15) is 12.4 Å². The molecular formula is C20H21NO3. The molecule has 0 aliphatic rings. The first kappa shape index (κ1) is 16.1. The standard InChI is InChI=1S/C20H21NO3/c1-14(20(22)23-2)10-17-11-16-12-18(8-9-19(16)21-17)24-13-15-6-4-3-5-7-15/h3-9,11-12,14,21H,10,13H2,1-2H3. The Kier molecular flexibility index (Phi) is 4.85. The molecule has 0 saturated carbocycles. The third-order valence-corrected chi connectivity index (χ3v) is 4.03. The summed E-state index contributed by atoms with van der Waals surface area (Å²) in [7, 11) is 1.42. The van der Waals surface area contributed by atoms with Gasteiger partial charge in [0.2, 0.25) is 0 Å². The monoisotopic (exact) mass is 323 g/mol. The molecular weight excluding hydrogens is 302 g/mol. The van der Waals surface area contributed by atoms with Gasteiger partial charge in [-0.2, -0.15) is 0 Å². The molecule has 1 atom stereocenters. The number of aromatic nitrogens is 1. The van der Waals surface area contributed by atoms with Gasteiger partial charge in [0, 0.05) is 23.0 Å². The van der Waals surface area contributed by atoms with E-state index in [1.54, 1.807) is 0 Å². The normalized spacial score (nSPS) is 12.1. The second-order valence-corrected chi connectivity index (χ2v) is 5.95. The van der Waals surface area contributed by atoms with E-state index >= 15 is 0 Å². The minimum absolute atomic E-state index is 0.170. The van der Waals surface area contributed by atoms with Crippen LogP contribution in [-0.2, 0) is 22.6 Å². The van der Waals surface area contributed by atoms with Crippen molar-refractivity contribution in [2.75, 3.05) is 7.11 Å². The lowest BCUT2D eigenvalue weighted by Gasteiger charge is -2.06. The van der Waals surface area contributed by atoms with Gasteiger partial charge in [-0.25, -0.2) is 0 Å². The van der Waals surface area contributed by atoms with E-state index in [9.17, 15) is 4.79 Å². The Morgan fingerprint density at radius 1 is 1.12 bits per heavy atom. The minimum Gasteiger partial charge on any atom is -0.489 e. The van der Waals surface area contributed by atoms with Crippen molar-refractivity contribution < 1.29 is 14.3 Å². The highest BCUT2D eigenvalue weighted by Crippen LogP contribution is 2.23. The predicted molar refractivity (Wildman–Crippen MR) is 94.0 cm³/mol. The average molecular weight is 323 g/mol. The number of hydrogen-bond donors (Lipinski definition) is 1. The molecule has 24 heavy (non-hydrogen) atoms. The summed E-state index contributed by atoms with van der Waals surface area (Å²) in [6.07, 6.45) is 0.627. The van der Waals surface area contributed by atoms with Crippen LogP contribution in [0.4, 0.5) is 0 Å². The molecule has 0 aliphatic carbocycles. The molecule has 0 radical (unpaired) electrons. The molecule has 0 fully saturated rings. The zero-order valence-corrected chi connectivity index (χ0v) is 13.9. The Morgan fingerprint density at radius 3 is 2.67 bits per heavy atom. The third kappa shape index (κ3) is 3.77. The van der Waals surface area contributed by atoms with E-state index in [4.69, 9.17) is 9.47 Å². The van der Waals surface area contributed by atoms with Crippen LogP contribution in [0, 0.1) is 5.92 Å². The molecule has 4 nitrogen and oxygen atoms in total. The van der Waals surface area contributed by atoms with Crippen molar-refractivity contribution in [2.24, 2.45) is 5.92 Å². The van der Waals surface area contributed by atoms with Crippen LogP contribution in [-0.4, -0.2) is 18.1 Å². The fourth-order valence-electron chi connectivity index (χ4n) is 2.73. The van der Waals surface area contributed by atoms with E-state index < -0.39 is 0 Å². The number of ether oxygens (including phenoxy) is 2. The molecule has 3 aromatic rings. The highest BCUT2D eigenvalue weighted by atomic mass is 16.5. The Hall–Kier alpha value is -2.75. The summed E-state index contributed by atoms with van der Waals surface area (Å²) in [5.74, 6) is 0.468. The maximum Gasteiger partial charge on any atom is 0.308 e. The minimum atomic E-state index is -0.194. The van der Waals surface area contributed by atoms with Gasteiger partial charge in [-0.3, -0.25) is 4.79 Å². The lowest BCUT2D eigenvalue weighted by molar-refractivity contribution is -0.144. The van der Waals surface area contributed by atoms with Gasteiger partial charge in [0.15, 0.2) is 0 Å². The zero-order valence-electron chi connectivity index (χ0n) is 13.9. The number of methoxy groups -OCH3 is 1. The van der Waals surface area contributed by atoms with Crippen LogP contribution in [0.1, 0.15) is 18.2 Å². The molecule has 0 bridgehead atoms. The maximum absolute atomic E-state index is 11.5. The van der Waals surface area contributed by atoms with Crippen LogP contribution in [0.15, 0.2) is 54.6 Å². The SMILES string of the molecule is COC(=O)C(C)Cc1cc2cc(OCc3ccccc3)ccc2[nH]1. The highest BCUT2D eigenvalue weighted by Gasteiger charge is 2.15. The molecule has 0 aliphatic heterocycles. The van der Waals surface area contributed by atoms with E-state index in [0.717, 1.165) is 27.9 Å². The quantitative estimate of drug-likeness (QED) is 0.695. The molecule has 124 valence electrons. The molecule has 1 unspecified atom stereocenters. The first-order chi connectivity index (χ1) is 11.7. The van der Waals surface area contributed by atoms with Crippen molar-refractivity contribution in [3.63, 3.8) is 0 Å². The number of esters is 1. The number of fused-ring (bicyclic) bond motifs is 1. The fraction of sp³-hybridized carbons (Fsp3) is 0.250. The topological polar surface area (TPSA) is 51.3 Å². The van der Waals surface area contributed by atoms with E-state index in [2.05, 4.69) is 11.1 Å². The summed E-state index contributed by atoms with van der Waals surface area (Å²) in [5.41, 5.74) is 3.19. The fourth-order valence-corrected chi connectivity index (χ4v) is 2.73. The van der Waals surface area contributed by atoms with Crippen LogP contribution >= 0.6 is 0 Å². The van der Waals surface area contributed by atoms with E-state index in [0.29, 0.717) is 13.0 Å². The van der Waals surface area contributed by atoms with Crippen molar-refractivity contribution in [3.05, 3.63) is 65.9 Å². The van der Waals surface area contributed by atoms with E-state index in [-0.39, 0.29) is 11.9 Å². The molecule has 1 aromatic heterocycles. The maximum atomic E-state index is 11.5. The van der Waals surface area contributed by atoms with Crippen LogP contribution in [0.3, 0.4) is 0 Å². The van der Waals surface area contributed by atoms with Gasteiger partial charge in [-0.1, -0.05) is 37.3 Å². The Labute approximate surface area is 141 Å². The highest BCUT2D eigenvalue weighted by molar-refractivity contribution is 5.82. The summed E-state index contributed by atoms with van der Waals surface area (Å²) in [5, 5.41) is 1.08. The van der Waals surface area contributed by atoms with E-state index in [1.165, 1.54) is 7.11 Å². The van der Waals surface area contributed by atoms with Gasteiger partial charge in [0.25, 0.3) is 0 Å². The van der Waals surface area contributed by atoms with Gasteiger partial charge in [-0.05, 0) is 29.8 Å².